The number of halogens is 2. The summed E-state index contributed by atoms with van der Waals surface area (Å²) in [5, 5.41) is 7.63. The summed E-state index contributed by atoms with van der Waals surface area (Å²) in [6.07, 6.45) is 0. The maximum Gasteiger partial charge on any atom is 0.251 e. The van der Waals surface area contributed by atoms with Crippen molar-refractivity contribution in [2.75, 3.05) is 5.73 Å². The second kappa shape index (κ2) is 4.96. The lowest BCUT2D eigenvalue weighted by atomic mass is 10.3. The van der Waals surface area contributed by atoms with Crippen molar-refractivity contribution in [1.82, 2.24) is 9.90 Å². The van der Waals surface area contributed by atoms with Crippen LogP contribution in [0.2, 0.25) is 0 Å². The lowest BCUT2D eigenvalue weighted by Crippen LogP contribution is -3.00. The predicted molar refractivity (Wildman–Crippen MR) is 69.7 cm³/mol. The molecular weight excluding hydrogens is 316 g/mol. The fraction of sp³-hybridized carbons (Fsp3) is 0. The van der Waals surface area contributed by atoms with Crippen LogP contribution in [0.5, 0.6) is 0 Å². The Morgan fingerprint density at radius 2 is 1.83 bits per heavy atom. The standard InChI is InChI=1S/C12H9BrN4.ClH/c13-8-1-4-10(5-2-8)17-15-11-6-3-9(14)7-12(11)16-17;/h1-7H,14H2;1H. The molecule has 1 aromatic heterocycles. The van der Waals surface area contributed by atoms with Gasteiger partial charge in [0, 0.05) is 16.2 Å². The largest absolute Gasteiger partial charge is 1.00 e. The molecule has 6 heteroatoms. The molecule has 0 saturated heterocycles. The summed E-state index contributed by atoms with van der Waals surface area (Å²) in [5.41, 5.74) is 9.23. The van der Waals surface area contributed by atoms with Gasteiger partial charge < -0.3 is 18.1 Å². The number of hydrogen-bond acceptors (Lipinski definition) is 2. The highest BCUT2D eigenvalue weighted by molar-refractivity contribution is 9.10. The molecule has 0 unspecified atom stereocenters. The molecule has 0 amide bonds. The zero-order valence-electron chi connectivity index (χ0n) is 9.27. The monoisotopic (exact) mass is 324 g/mol. The number of nitrogens with zero attached hydrogens (tertiary/aromatic N) is 2. The van der Waals surface area contributed by atoms with Gasteiger partial charge in [-0.3, -0.25) is 0 Å². The van der Waals surface area contributed by atoms with E-state index in [0.29, 0.717) is 5.69 Å². The lowest BCUT2D eigenvalue weighted by molar-refractivity contribution is -0.454. The number of rotatable bonds is 1. The van der Waals surface area contributed by atoms with Crippen LogP contribution < -0.4 is 23.2 Å². The highest BCUT2D eigenvalue weighted by Crippen LogP contribution is 2.14. The van der Waals surface area contributed by atoms with Crippen molar-refractivity contribution >= 4 is 32.7 Å². The number of hydrogen-bond donors (Lipinski definition) is 1. The van der Waals surface area contributed by atoms with Gasteiger partial charge in [-0.25, -0.2) is 0 Å². The zero-order valence-corrected chi connectivity index (χ0v) is 11.6. The maximum atomic E-state index is 5.72. The van der Waals surface area contributed by atoms with E-state index in [1.165, 1.54) is 0 Å². The third kappa shape index (κ3) is 2.32. The molecule has 92 valence electrons. The summed E-state index contributed by atoms with van der Waals surface area (Å²) in [6.45, 7) is 0. The van der Waals surface area contributed by atoms with E-state index in [9.17, 15) is 0 Å². The van der Waals surface area contributed by atoms with E-state index in [4.69, 9.17) is 5.73 Å². The fourth-order valence-electron chi connectivity index (χ4n) is 1.68. The Morgan fingerprint density at radius 3 is 2.56 bits per heavy atom. The minimum absolute atomic E-state index is 0. The third-order valence-electron chi connectivity index (χ3n) is 2.53. The molecule has 0 bridgehead atoms. The van der Waals surface area contributed by atoms with Crippen LogP contribution in [0.4, 0.5) is 5.69 Å². The number of aromatic amines is 1. The van der Waals surface area contributed by atoms with Crippen LogP contribution in [0.25, 0.3) is 16.7 Å². The number of fused-ring (bicyclic) bond motifs is 1. The van der Waals surface area contributed by atoms with Crippen LogP contribution in [0.1, 0.15) is 0 Å². The first-order chi connectivity index (χ1) is 8.22. The first-order valence-corrected chi connectivity index (χ1v) is 5.95. The summed E-state index contributed by atoms with van der Waals surface area (Å²) < 4.78 is 1.04. The molecule has 0 aliphatic rings. The molecule has 0 fully saturated rings. The Bertz CT molecular complexity index is 678. The smallest absolute Gasteiger partial charge is 0.251 e. The maximum absolute atomic E-state index is 5.72. The van der Waals surface area contributed by atoms with E-state index in [1.54, 1.807) is 4.80 Å². The van der Waals surface area contributed by atoms with Gasteiger partial charge >= 0.3 is 0 Å². The van der Waals surface area contributed by atoms with Crippen molar-refractivity contribution in [1.29, 1.82) is 0 Å². The molecule has 0 atom stereocenters. The quantitative estimate of drug-likeness (QED) is 0.595. The van der Waals surface area contributed by atoms with Gasteiger partial charge in [-0.2, -0.15) is 5.10 Å². The molecule has 0 spiro atoms. The minimum atomic E-state index is 0. The van der Waals surface area contributed by atoms with Crippen LogP contribution in [0.15, 0.2) is 46.9 Å². The fourth-order valence-corrected chi connectivity index (χ4v) is 1.94. The second-order valence-corrected chi connectivity index (χ2v) is 4.69. The van der Waals surface area contributed by atoms with E-state index in [2.05, 4.69) is 26.1 Å². The van der Waals surface area contributed by atoms with Gasteiger partial charge in [-0.15, -0.1) is 0 Å². The molecule has 2 aromatic carbocycles. The molecule has 0 aliphatic carbocycles. The predicted octanol–water partition coefficient (Wildman–Crippen LogP) is -0.812. The van der Waals surface area contributed by atoms with E-state index >= 15 is 0 Å². The summed E-state index contributed by atoms with van der Waals surface area (Å²) >= 11 is 3.41. The molecule has 4 nitrogen and oxygen atoms in total. The summed E-state index contributed by atoms with van der Waals surface area (Å²) in [4.78, 5) is 1.73. The van der Waals surface area contributed by atoms with Gasteiger partial charge in [0.15, 0.2) is 5.52 Å². The zero-order chi connectivity index (χ0) is 11.8. The van der Waals surface area contributed by atoms with Crippen LogP contribution in [0.3, 0.4) is 0 Å². The highest BCUT2D eigenvalue weighted by Gasteiger charge is 2.12. The van der Waals surface area contributed by atoms with Gasteiger partial charge in [-0.05, 0) is 41.2 Å². The molecule has 18 heavy (non-hydrogen) atoms. The Balaban J connectivity index is 0.00000120. The van der Waals surface area contributed by atoms with E-state index in [-0.39, 0.29) is 12.4 Å². The first-order valence-electron chi connectivity index (χ1n) is 5.16. The average molecular weight is 326 g/mol. The topological polar surface area (TPSA) is 58.0 Å². The van der Waals surface area contributed by atoms with Crippen LogP contribution in [-0.4, -0.2) is 9.90 Å². The van der Waals surface area contributed by atoms with Gasteiger partial charge in [-0.1, -0.05) is 15.9 Å². The van der Waals surface area contributed by atoms with Crippen molar-refractivity contribution in [3.63, 3.8) is 0 Å². The SMILES string of the molecule is Nc1ccc2[nH+]n(-c3ccc(Br)cc3)nc2c1.[Cl-]. The van der Waals surface area contributed by atoms with E-state index in [0.717, 1.165) is 21.2 Å². The Morgan fingerprint density at radius 1 is 1.11 bits per heavy atom. The van der Waals surface area contributed by atoms with Gasteiger partial charge in [0.1, 0.15) is 5.69 Å². The molecule has 0 saturated carbocycles. The average Bonchev–Trinajstić information content (AvgIpc) is 2.72. The highest BCUT2D eigenvalue weighted by atomic mass is 79.9. The van der Waals surface area contributed by atoms with Crippen molar-refractivity contribution in [2.24, 2.45) is 0 Å². The van der Waals surface area contributed by atoms with Crippen LogP contribution in [-0.2, 0) is 0 Å². The van der Waals surface area contributed by atoms with E-state index in [1.807, 2.05) is 42.5 Å². The Hall–Kier alpha value is -1.59. The van der Waals surface area contributed by atoms with Gasteiger partial charge in [0.05, 0.1) is 5.10 Å². The Labute approximate surface area is 118 Å². The van der Waals surface area contributed by atoms with Crippen LogP contribution in [0, 0.1) is 0 Å². The number of H-pyrrole nitrogens is 1. The summed E-state index contributed by atoms with van der Waals surface area (Å²) in [7, 11) is 0. The van der Waals surface area contributed by atoms with Crippen molar-refractivity contribution in [3.05, 3.63) is 46.9 Å². The summed E-state index contributed by atoms with van der Waals surface area (Å²) in [5.74, 6) is 0. The Kier molecular flexibility index (Phi) is 3.54. The molecule has 0 aliphatic heterocycles. The number of nitrogens with two attached hydrogens (primary N) is 1. The van der Waals surface area contributed by atoms with Crippen molar-refractivity contribution in [3.8, 4) is 5.69 Å². The molecule has 3 N–H and O–H groups in total. The van der Waals surface area contributed by atoms with E-state index < -0.39 is 0 Å². The number of nitrogens with one attached hydrogen (secondary N) is 1. The van der Waals surface area contributed by atoms with Crippen molar-refractivity contribution in [2.45, 2.75) is 0 Å². The van der Waals surface area contributed by atoms with Crippen molar-refractivity contribution < 1.29 is 17.5 Å². The molecule has 3 rings (SSSR count). The molecule has 3 aromatic rings. The number of anilines is 1. The van der Waals surface area contributed by atoms with Gasteiger partial charge in [0.2, 0.25) is 0 Å². The molecule has 0 radical (unpaired) electrons. The molecule has 1 heterocycles. The number of benzene rings is 2. The lowest BCUT2D eigenvalue weighted by Gasteiger charge is -1.92. The third-order valence-corrected chi connectivity index (χ3v) is 3.06. The first kappa shape index (κ1) is 12.9. The second-order valence-electron chi connectivity index (χ2n) is 3.78. The normalized spacial score (nSPS) is 10.3. The van der Waals surface area contributed by atoms with Crippen LogP contribution >= 0.6 is 15.9 Å². The number of nitrogen functional groups attached to an aromatic ring is 1. The minimum Gasteiger partial charge on any atom is -1.00 e. The van der Waals surface area contributed by atoms with Gasteiger partial charge in [0.25, 0.3) is 5.52 Å². The molecular formula is C12H10BrClN4. The number of aromatic nitrogens is 3. The summed E-state index contributed by atoms with van der Waals surface area (Å²) in [6, 6.07) is 13.5.